The van der Waals surface area contributed by atoms with Crippen LogP contribution in [0.2, 0.25) is 0 Å². The van der Waals surface area contributed by atoms with E-state index in [0.29, 0.717) is 6.10 Å². The normalized spacial score (nSPS) is 19.4. The maximum absolute atomic E-state index is 5.69. The predicted octanol–water partition coefficient (Wildman–Crippen LogP) is 2.12. The maximum atomic E-state index is 5.69. The van der Waals surface area contributed by atoms with Crippen molar-refractivity contribution in [2.45, 2.75) is 32.4 Å². The van der Waals surface area contributed by atoms with Gasteiger partial charge in [-0.15, -0.1) is 0 Å². The fourth-order valence-electron chi connectivity index (χ4n) is 2.32. The summed E-state index contributed by atoms with van der Waals surface area (Å²) in [6, 6.07) is 6.12. The molecule has 0 spiro atoms. The van der Waals surface area contributed by atoms with E-state index in [1.807, 2.05) is 19.2 Å². The minimum absolute atomic E-state index is 0.414. The van der Waals surface area contributed by atoms with Gasteiger partial charge in [-0.05, 0) is 31.5 Å². The van der Waals surface area contributed by atoms with E-state index in [1.165, 1.54) is 12.8 Å². The van der Waals surface area contributed by atoms with Crippen LogP contribution in [-0.2, 0) is 11.3 Å². The van der Waals surface area contributed by atoms with Crippen molar-refractivity contribution in [2.24, 2.45) is 0 Å². The zero-order valence-electron chi connectivity index (χ0n) is 11.4. The highest BCUT2D eigenvalue weighted by molar-refractivity contribution is 5.34. The summed E-state index contributed by atoms with van der Waals surface area (Å²) in [7, 11) is 1.90. The molecule has 0 bridgehead atoms. The standard InChI is InChI=1S/C14H23N3O/c1-3-17(11-13-7-5-9-18-13)10-12-6-4-8-14(15-2)16-12/h4,6,8,13H,3,5,7,9-11H2,1-2H3,(H,15,16). The lowest BCUT2D eigenvalue weighted by Gasteiger charge is -2.23. The summed E-state index contributed by atoms with van der Waals surface area (Å²) in [5.74, 6) is 0.931. The van der Waals surface area contributed by atoms with Crippen molar-refractivity contribution >= 4 is 5.82 Å². The molecule has 4 nitrogen and oxygen atoms in total. The third-order valence-electron chi connectivity index (χ3n) is 3.38. The topological polar surface area (TPSA) is 37.4 Å². The van der Waals surface area contributed by atoms with Crippen molar-refractivity contribution in [3.8, 4) is 0 Å². The molecule has 2 heterocycles. The molecule has 1 N–H and O–H groups in total. The number of ether oxygens (including phenoxy) is 1. The summed E-state index contributed by atoms with van der Waals surface area (Å²) in [6.07, 6.45) is 2.81. The molecule has 1 aromatic rings. The molecule has 1 saturated heterocycles. The smallest absolute Gasteiger partial charge is 0.126 e. The van der Waals surface area contributed by atoms with Crippen LogP contribution in [0.1, 0.15) is 25.5 Å². The first-order valence-corrected chi connectivity index (χ1v) is 6.79. The summed E-state index contributed by atoms with van der Waals surface area (Å²) < 4.78 is 5.69. The van der Waals surface area contributed by atoms with Gasteiger partial charge in [-0.25, -0.2) is 4.98 Å². The molecule has 100 valence electrons. The zero-order valence-corrected chi connectivity index (χ0v) is 11.4. The van der Waals surface area contributed by atoms with Gasteiger partial charge in [0, 0.05) is 26.7 Å². The van der Waals surface area contributed by atoms with Gasteiger partial charge in [-0.2, -0.15) is 0 Å². The highest BCUT2D eigenvalue weighted by Crippen LogP contribution is 2.15. The van der Waals surface area contributed by atoms with E-state index in [9.17, 15) is 0 Å². The second-order valence-corrected chi connectivity index (χ2v) is 4.73. The SMILES string of the molecule is CCN(Cc1cccc(NC)n1)CC1CCCO1. The minimum Gasteiger partial charge on any atom is -0.377 e. The van der Waals surface area contributed by atoms with Gasteiger partial charge < -0.3 is 10.1 Å². The molecule has 1 aromatic heterocycles. The van der Waals surface area contributed by atoms with E-state index in [-0.39, 0.29) is 0 Å². The molecule has 0 radical (unpaired) electrons. The van der Waals surface area contributed by atoms with Gasteiger partial charge in [-0.1, -0.05) is 13.0 Å². The van der Waals surface area contributed by atoms with Crippen molar-refractivity contribution in [3.05, 3.63) is 23.9 Å². The lowest BCUT2D eigenvalue weighted by atomic mass is 10.2. The van der Waals surface area contributed by atoms with Crippen LogP contribution in [0.5, 0.6) is 0 Å². The van der Waals surface area contributed by atoms with Crippen LogP contribution >= 0.6 is 0 Å². The van der Waals surface area contributed by atoms with E-state index in [2.05, 4.69) is 28.2 Å². The number of hydrogen-bond acceptors (Lipinski definition) is 4. The van der Waals surface area contributed by atoms with Crippen molar-refractivity contribution in [3.63, 3.8) is 0 Å². The first kappa shape index (κ1) is 13.3. The monoisotopic (exact) mass is 249 g/mol. The molecule has 1 aliphatic rings. The van der Waals surface area contributed by atoms with Crippen molar-refractivity contribution in [1.82, 2.24) is 9.88 Å². The minimum atomic E-state index is 0.414. The third kappa shape index (κ3) is 3.68. The van der Waals surface area contributed by atoms with Crippen LogP contribution < -0.4 is 5.32 Å². The van der Waals surface area contributed by atoms with E-state index in [1.54, 1.807) is 0 Å². The zero-order chi connectivity index (χ0) is 12.8. The molecular weight excluding hydrogens is 226 g/mol. The van der Waals surface area contributed by atoms with Gasteiger partial charge in [0.15, 0.2) is 0 Å². The number of rotatable bonds is 6. The summed E-state index contributed by atoms with van der Waals surface area (Å²) in [5.41, 5.74) is 1.11. The van der Waals surface area contributed by atoms with Crippen LogP contribution in [0.15, 0.2) is 18.2 Å². The average molecular weight is 249 g/mol. The molecule has 1 atom stereocenters. The van der Waals surface area contributed by atoms with E-state index >= 15 is 0 Å². The number of pyridine rings is 1. The third-order valence-corrected chi connectivity index (χ3v) is 3.38. The van der Waals surface area contributed by atoms with Crippen molar-refractivity contribution in [2.75, 3.05) is 32.1 Å². The molecular formula is C14H23N3O. The Balaban J connectivity index is 1.91. The predicted molar refractivity (Wildman–Crippen MR) is 73.7 cm³/mol. The fourth-order valence-corrected chi connectivity index (χ4v) is 2.32. The highest BCUT2D eigenvalue weighted by atomic mass is 16.5. The Hall–Kier alpha value is -1.13. The van der Waals surface area contributed by atoms with Crippen molar-refractivity contribution < 1.29 is 4.74 Å². The van der Waals surface area contributed by atoms with Gasteiger partial charge in [-0.3, -0.25) is 4.90 Å². The lowest BCUT2D eigenvalue weighted by molar-refractivity contribution is 0.0721. The Kier molecular flexibility index (Phi) is 4.96. The second-order valence-electron chi connectivity index (χ2n) is 4.73. The molecule has 2 rings (SSSR count). The number of likely N-dealkylation sites (N-methyl/N-ethyl adjacent to an activating group) is 1. The van der Waals surface area contributed by atoms with E-state index in [0.717, 1.165) is 37.8 Å². The number of aromatic nitrogens is 1. The van der Waals surface area contributed by atoms with Crippen LogP contribution in [0.25, 0.3) is 0 Å². The van der Waals surface area contributed by atoms with Crippen LogP contribution in [0.4, 0.5) is 5.82 Å². The molecule has 18 heavy (non-hydrogen) atoms. The van der Waals surface area contributed by atoms with Gasteiger partial charge in [0.1, 0.15) is 5.82 Å². The first-order chi connectivity index (χ1) is 8.81. The van der Waals surface area contributed by atoms with Gasteiger partial charge in [0.2, 0.25) is 0 Å². The Morgan fingerprint density at radius 2 is 2.39 bits per heavy atom. The Bertz CT molecular complexity index is 364. The van der Waals surface area contributed by atoms with Crippen molar-refractivity contribution in [1.29, 1.82) is 0 Å². The number of anilines is 1. The molecule has 1 unspecified atom stereocenters. The fraction of sp³-hybridized carbons (Fsp3) is 0.643. The first-order valence-electron chi connectivity index (χ1n) is 6.79. The molecule has 0 aliphatic carbocycles. The molecule has 1 fully saturated rings. The van der Waals surface area contributed by atoms with Crippen LogP contribution in [-0.4, -0.2) is 42.7 Å². The van der Waals surface area contributed by atoms with Gasteiger partial charge >= 0.3 is 0 Å². The highest BCUT2D eigenvalue weighted by Gasteiger charge is 2.18. The molecule has 0 aromatic carbocycles. The van der Waals surface area contributed by atoms with E-state index in [4.69, 9.17) is 4.74 Å². The van der Waals surface area contributed by atoms with E-state index < -0.39 is 0 Å². The Morgan fingerprint density at radius 3 is 3.06 bits per heavy atom. The summed E-state index contributed by atoms with van der Waals surface area (Å²) in [4.78, 5) is 6.96. The average Bonchev–Trinajstić information content (AvgIpc) is 2.91. The summed E-state index contributed by atoms with van der Waals surface area (Å²) >= 11 is 0. The number of hydrogen-bond donors (Lipinski definition) is 1. The molecule has 0 amide bonds. The summed E-state index contributed by atoms with van der Waals surface area (Å²) in [5, 5.41) is 3.08. The second kappa shape index (κ2) is 6.71. The van der Waals surface area contributed by atoms with Crippen LogP contribution in [0, 0.1) is 0 Å². The van der Waals surface area contributed by atoms with Gasteiger partial charge in [0.05, 0.1) is 11.8 Å². The lowest BCUT2D eigenvalue weighted by Crippen LogP contribution is -2.31. The Labute approximate surface area is 109 Å². The van der Waals surface area contributed by atoms with Crippen LogP contribution in [0.3, 0.4) is 0 Å². The largest absolute Gasteiger partial charge is 0.377 e. The van der Waals surface area contributed by atoms with Gasteiger partial charge in [0.25, 0.3) is 0 Å². The summed E-state index contributed by atoms with van der Waals surface area (Å²) in [6.45, 7) is 6.06. The maximum Gasteiger partial charge on any atom is 0.126 e. The number of nitrogens with one attached hydrogen (secondary N) is 1. The number of nitrogens with zero attached hydrogens (tertiary/aromatic N) is 2. The molecule has 1 aliphatic heterocycles. The quantitative estimate of drug-likeness (QED) is 0.838. The molecule has 0 saturated carbocycles. The Morgan fingerprint density at radius 1 is 1.50 bits per heavy atom. The molecule has 4 heteroatoms.